The molecule has 25 heavy (non-hydrogen) atoms. The Balaban J connectivity index is 0.00000312. The maximum absolute atomic E-state index is 4.31. The van der Waals surface area contributed by atoms with Crippen LogP contribution in [0.15, 0.2) is 23.5 Å². The lowest BCUT2D eigenvalue weighted by atomic mass is 10.2. The molecule has 1 aliphatic rings. The van der Waals surface area contributed by atoms with Crippen molar-refractivity contribution in [1.82, 2.24) is 25.3 Å². The van der Waals surface area contributed by atoms with Crippen molar-refractivity contribution in [1.29, 1.82) is 0 Å². The maximum Gasteiger partial charge on any atom is 0.190 e. The minimum absolute atomic E-state index is 0. The van der Waals surface area contributed by atoms with Crippen LogP contribution in [0, 0.1) is 5.92 Å². The summed E-state index contributed by atoms with van der Waals surface area (Å²) in [6.45, 7) is 8.76. The molecule has 0 amide bonds. The van der Waals surface area contributed by atoms with Crippen LogP contribution in [0.1, 0.15) is 39.0 Å². The molecule has 0 radical (unpaired) electrons. The van der Waals surface area contributed by atoms with E-state index in [-0.39, 0.29) is 24.0 Å². The van der Waals surface area contributed by atoms with Gasteiger partial charge < -0.3 is 15.5 Å². The average molecular weight is 462 g/mol. The standard InChI is InChI=1S/C18H34N6.HI/c1-17(16-24-14-8-10-22-24)15-21-18(19-2)20-9-7-13-23-11-5-3-4-6-12-23;/h8,10,14,17H,3-7,9,11-13,15-16H2,1-2H3,(H2,19,20,21);1H. The van der Waals surface area contributed by atoms with Gasteiger partial charge >= 0.3 is 0 Å². The molecule has 0 saturated carbocycles. The van der Waals surface area contributed by atoms with Crippen LogP contribution in [0.25, 0.3) is 0 Å². The summed E-state index contributed by atoms with van der Waals surface area (Å²) >= 11 is 0. The predicted octanol–water partition coefficient (Wildman–Crippen LogP) is 2.57. The van der Waals surface area contributed by atoms with Crippen LogP contribution in [0.2, 0.25) is 0 Å². The smallest absolute Gasteiger partial charge is 0.190 e. The fourth-order valence-electron chi connectivity index (χ4n) is 3.15. The molecular formula is C18H35IN6. The molecule has 1 aliphatic heterocycles. The first-order valence-electron chi connectivity index (χ1n) is 9.42. The summed E-state index contributed by atoms with van der Waals surface area (Å²) in [6.07, 6.45) is 10.5. The molecule has 0 aromatic carbocycles. The summed E-state index contributed by atoms with van der Waals surface area (Å²) in [5.74, 6) is 1.40. The van der Waals surface area contributed by atoms with E-state index in [2.05, 4.69) is 32.5 Å². The lowest BCUT2D eigenvalue weighted by molar-refractivity contribution is 0.282. The van der Waals surface area contributed by atoms with Gasteiger partial charge in [-0.15, -0.1) is 24.0 Å². The zero-order valence-corrected chi connectivity index (χ0v) is 18.1. The highest BCUT2D eigenvalue weighted by Gasteiger charge is 2.08. The number of hydrogen-bond acceptors (Lipinski definition) is 3. The molecule has 2 N–H and O–H groups in total. The lowest BCUT2D eigenvalue weighted by Gasteiger charge is -2.20. The topological polar surface area (TPSA) is 57.5 Å². The van der Waals surface area contributed by atoms with E-state index in [1.807, 2.05) is 30.2 Å². The Morgan fingerprint density at radius 3 is 2.60 bits per heavy atom. The van der Waals surface area contributed by atoms with Crippen LogP contribution in [0.4, 0.5) is 0 Å². The fraction of sp³-hybridized carbons (Fsp3) is 0.778. The number of hydrogen-bond donors (Lipinski definition) is 2. The first-order valence-corrected chi connectivity index (χ1v) is 9.42. The Morgan fingerprint density at radius 2 is 1.96 bits per heavy atom. The molecule has 2 heterocycles. The second-order valence-electron chi connectivity index (χ2n) is 6.82. The third kappa shape index (κ3) is 9.44. The monoisotopic (exact) mass is 462 g/mol. The molecule has 144 valence electrons. The third-order valence-electron chi connectivity index (χ3n) is 4.54. The number of likely N-dealkylation sites (tertiary alicyclic amines) is 1. The summed E-state index contributed by atoms with van der Waals surface area (Å²) in [6, 6.07) is 1.96. The van der Waals surface area contributed by atoms with Crippen LogP contribution in [-0.2, 0) is 6.54 Å². The number of rotatable bonds is 8. The van der Waals surface area contributed by atoms with E-state index in [1.165, 1.54) is 51.7 Å². The Hall–Kier alpha value is -0.830. The second kappa shape index (κ2) is 13.4. The zero-order valence-electron chi connectivity index (χ0n) is 15.8. The molecule has 1 fully saturated rings. The normalized spacial score (nSPS) is 17.4. The molecule has 0 bridgehead atoms. The Labute approximate surface area is 169 Å². The van der Waals surface area contributed by atoms with Gasteiger partial charge in [-0.2, -0.15) is 5.10 Å². The van der Waals surface area contributed by atoms with Gasteiger partial charge in [-0.05, 0) is 50.9 Å². The molecule has 7 heteroatoms. The number of nitrogens with zero attached hydrogens (tertiary/aromatic N) is 4. The van der Waals surface area contributed by atoms with E-state index in [9.17, 15) is 0 Å². The molecule has 1 atom stereocenters. The molecule has 1 aromatic rings. The Morgan fingerprint density at radius 1 is 1.20 bits per heavy atom. The third-order valence-corrected chi connectivity index (χ3v) is 4.54. The van der Waals surface area contributed by atoms with Gasteiger partial charge in [0.2, 0.25) is 0 Å². The summed E-state index contributed by atoms with van der Waals surface area (Å²) < 4.78 is 1.98. The summed E-state index contributed by atoms with van der Waals surface area (Å²) in [5, 5.41) is 11.1. The zero-order chi connectivity index (χ0) is 17.0. The van der Waals surface area contributed by atoms with Gasteiger partial charge in [0.15, 0.2) is 5.96 Å². The van der Waals surface area contributed by atoms with Gasteiger partial charge in [0.1, 0.15) is 0 Å². The Kier molecular flexibility index (Phi) is 11.9. The highest BCUT2D eigenvalue weighted by molar-refractivity contribution is 14.0. The molecule has 0 aliphatic carbocycles. The van der Waals surface area contributed by atoms with E-state index in [0.717, 1.165) is 25.6 Å². The van der Waals surface area contributed by atoms with Gasteiger partial charge in [-0.1, -0.05) is 19.8 Å². The average Bonchev–Trinajstić information content (AvgIpc) is 2.95. The number of halogens is 1. The van der Waals surface area contributed by atoms with Crippen LogP contribution < -0.4 is 10.6 Å². The quantitative estimate of drug-likeness (QED) is 0.270. The van der Waals surface area contributed by atoms with Crippen LogP contribution >= 0.6 is 24.0 Å². The van der Waals surface area contributed by atoms with Gasteiger partial charge in [-0.3, -0.25) is 9.67 Å². The van der Waals surface area contributed by atoms with E-state index in [1.54, 1.807) is 0 Å². The highest BCUT2D eigenvalue weighted by atomic mass is 127. The first kappa shape index (κ1) is 22.2. The SMILES string of the molecule is CN=C(NCCCN1CCCCCC1)NCC(C)Cn1cccn1.I. The van der Waals surface area contributed by atoms with Crippen molar-refractivity contribution in [2.75, 3.05) is 39.8 Å². The molecule has 1 aromatic heterocycles. The van der Waals surface area contributed by atoms with Crippen molar-refractivity contribution >= 4 is 29.9 Å². The van der Waals surface area contributed by atoms with E-state index in [0.29, 0.717) is 5.92 Å². The van der Waals surface area contributed by atoms with Gasteiger partial charge in [-0.25, -0.2) is 0 Å². The maximum atomic E-state index is 4.31. The predicted molar refractivity (Wildman–Crippen MR) is 116 cm³/mol. The van der Waals surface area contributed by atoms with Gasteiger partial charge in [0.05, 0.1) is 0 Å². The van der Waals surface area contributed by atoms with Crippen molar-refractivity contribution in [2.24, 2.45) is 10.9 Å². The number of aromatic nitrogens is 2. The highest BCUT2D eigenvalue weighted by Crippen LogP contribution is 2.09. The van der Waals surface area contributed by atoms with Crippen molar-refractivity contribution in [3.05, 3.63) is 18.5 Å². The first-order chi connectivity index (χ1) is 11.8. The molecule has 2 rings (SSSR count). The number of aliphatic imine (C=N–C) groups is 1. The van der Waals surface area contributed by atoms with E-state index >= 15 is 0 Å². The van der Waals surface area contributed by atoms with Crippen molar-refractivity contribution in [3.63, 3.8) is 0 Å². The molecule has 1 saturated heterocycles. The summed E-state index contributed by atoms with van der Waals surface area (Å²) in [4.78, 5) is 6.92. The van der Waals surface area contributed by atoms with Crippen molar-refractivity contribution in [3.8, 4) is 0 Å². The van der Waals surface area contributed by atoms with E-state index in [4.69, 9.17) is 0 Å². The largest absolute Gasteiger partial charge is 0.356 e. The van der Waals surface area contributed by atoms with Crippen LogP contribution in [0.3, 0.4) is 0 Å². The minimum atomic E-state index is 0. The van der Waals surface area contributed by atoms with Crippen molar-refractivity contribution < 1.29 is 0 Å². The number of guanidine groups is 1. The van der Waals surface area contributed by atoms with Crippen LogP contribution in [0.5, 0.6) is 0 Å². The fourth-order valence-corrected chi connectivity index (χ4v) is 3.15. The second-order valence-corrected chi connectivity index (χ2v) is 6.82. The number of nitrogens with one attached hydrogen (secondary N) is 2. The molecule has 0 spiro atoms. The molecule has 1 unspecified atom stereocenters. The Bertz CT molecular complexity index is 454. The van der Waals surface area contributed by atoms with E-state index < -0.39 is 0 Å². The molecular weight excluding hydrogens is 427 g/mol. The van der Waals surface area contributed by atoms with Gasteiger partial charge in [0.25, 0.3) is 0 Å². The van der Waals surface area contributed by atoms with Crippen LogP contribution in [-0.4, -0.2) is 60.4 Å². The lowest BCUT2D eigenvalue weighted by Crippen LogP contribution is -2.41. The minimum Gasteiger partial charge on any atom is -0.356 e. The summed E-state index contributed by atoms with van der Waals surface area (Å²) in [5.41, 5.74) is 0. The summed E-state index contributed by atoms with van der Waals surface area (Å²) in [7, 11) is 1.84. The van der Waals surface area contributed by atoms with Gasteiger partial charge in [0, 0.05) is 39.1 Å². The molecule has 6 nitrogen and oxygen atoms in total. The van der Waals surface area contributed by atoms with Crippen molar-refractivity contribution in [2.45, 2.75) is 45.6 Å².